The van der Waals surface area contributed by atoms with Crippen LogP contribution < -0.4 is 4.72 Å². The molecular formula is C13H16ClN3O3S. The van der Waals surface area contributed by atoms with Gasteiger partial charge in [0.25, 0.3) is 0 Å². The van der Waals surface area contributed by atoms with E-state index in [0.717, 1.165) is 11.1 Å². The standard InChI is InChI=1S/C13H16ClN3O3S/c1-9(6-14)7-21(18,19)17-12-4-3-11(5-10(12)2)13-16-15-8-20-13/h3-5,8-9,17H,6-7H2,1-2H3. The molecule has 114 valence electrons. The molecule has 0 aliphatic carbocycles. The zero-order valence-electron chi connectivity index (χ0n) is 11.7. The first-order chi connectivity index (χ1) is 9.91. The van der Waals surface area contributed by atoms with Crippen LogP contribution in [0.4, 0.5) is 5.69 Å². The Morgan fingerprint density at radius 3 is 2.76 bits per heavy atom. The van der Waals surface area contributed by atoms with Crippen LogP contribution in [0.25, 0.3) is 11.5 Å². The van der Waals surface area contributed by atoms with Gasteiger partial charge in [-0.1, -0.05) is 6.92 Å². The monoisotopic (exact) mass is 329 g/mol. The van der Waals surface area contributed by atoms with Crippen molar-refractivity contribution in [3.8, 4) is 11.5 Å². The average molecular weight is 330 g/mol. The van der Waals surface area contributed by atoms with E-state index in [2.05, 4.69) is 14.9 Å². The van der Waals surface area contributed by atoms with Gasteiger partial charge in [0.15, 0.2) is 0 Å². The minimum atomic E-state index is -3.42. The highest BCUT2D eigenvalue weighted by molar-refractivity contribution is 7.92. The van der Waals surface area contributed by atoms with Crippen LogP contribution in [-0.4, -0.2) is 30.2 Å². The average Bonchev–Trinajstić information content (AvgIpc) is 2.94. The largest absolute Gasteiger partial charge is 0.423 e. The number of nitrogens with zero attached hydrogens (tertiary/aromatic N) is 2. The summed E-state index contributed by atoms with van der Waals surface area (Å²) in [6.07, 6.45) is 1.24. The third-order valence-corrected chi connectivity index (χ3v) is 4.93. The first-order valence-electron chi connectivity index (χ1n) is 6.35. The van der Waals surface area contributed by atoms with Gasteiger partial charge < -0.3 is 4.42 Å². The molecule has 0 saturated heterocycles. The smallest absolute Gasteiger partial charge is 0.247 e. The molecule has 2 aromatic rings. The maximum absolute atomic E-state index is 12.0. The van der Waals surface area contributed by atoms with Gasteiger partial charge in [-0.25, -0.2) is 8.42 Å². The van der Waals surface area contributed by atoms with Crippen molar-refractivity contribution in [1.29, 1.82) is 0 Å². The lowest BCUT2D eigenvalue weighted by atomic mass is 10.1. The van der Waals surface area contributed by atoms with E-state index in [0.29, 0.717) is 17.5 Å². The summed E-state index contributed by atoms with van der Waals surface area (Å²) in [7, 11) is -3.42. The van der Waals surface area contributed by atoms with Gasteiger partial charge in [-0.2, -0.15) is 0 Å². The van der Waals surface area contributed by atoms with Gasteiger partial charge >= 0.3 is 0 Å². The molecule has 1 atom stereocenters. The Labute approximate surface area is 128 Å². The molecule has 0 bridgehead atoms. The highest BCUT2D eigenvalue weighted by Crippen LogP contribution is 2.24. The van der Waals surface area contributed by atoms with Crippen molar-refractivity contribution in [3.63, 3.8) is 0 Å². The first kappa shape index (κ1) is 15.8. The van der Waals surface area contributed by atoms with Crippen molar-refractivity contribution >= 4 is 27.3 Å². The van der Waals surface area contributed by atoms with Crippen LogP contribution in [0, 0.1) is 12.8 Å². The Kier molecular flexibility index (Phi) is 4.84. The van der Waals surface area contributed by atoms with Gasteiger partial charge in [-0.15, -0.1) is 21.8 Å². The Hall–Kier alpha value is -1.60. The van der Waals surface area contributed by atoms with Crippen molar-refractivity contribution in [1.82, 2.24) is 10.2 Å². The summed E-state index contributed by atoms with van der Waals surface area (Å²) < 4.78 is 31.7. The van der Waals surface area contributed by atoms with Crippen LogP contribution >= 0.6 is 11.6 Å². The SMILES string of the molecule is Cc1cc(-c2nnco2)ccc1NS(=O)(=O)CC(C)CCl. The quantitative estimate of drug-likeness (QED) is 0.823. The van der Waals surface area contributed by atoms with E-state index < -0.39 is 10.0 Å². The van der Waals surface area contributed by atoms with Crippen LogP contribution in [0.15, 0.2) is 29.0 Å². The lowest BCUT2D eigenvalue weighted by Gasteiger charge is -2.13. The Balaban J connectivity index is 2.18. The summed E-state index contributed by atoms with van der Waals surface area (Å²) in [6, 6.07) is 5.19. The van der Waals surface area contributed by atoms with Crippen LogP contribution in [0.3, 0.4) is 0 Å². The zero-order chi connectivity index (χ0) is 15.5. The fourth-order valence-corrected chi connectivity index (χ4v) is 3.59. The number of aromatic nitrogens is 2. The summed E-state index contributed by atoms with van der Waals surface area (Å²) in [6.45, 7) is 3.60. The minimum Gasteiger partial charge on any atom is -0.423 e. The van der Waals surface area contributed by atoms with E-state index in [1.807, 2.05) is 6.92 Å². The van der Waals surface area contributed by atoms with Crippen molar-refractivity contribution in [3.05, 3.63) is 30.2 Å². The highest BCUT2D eigenvalue weighted by Gasteiger charge is 2.16. The van der Waals surface area contributed by atoms with E-state index in [4.69, 9.17) is 16.0 Å². The van der Waals surface area contributed by atoms with Gasteiger partial charge in [0.1, 0.15) is 0 Å². The van der Waals surface area contributed by atoms with Gasteiger partial charge in [0, 0.05) is 11.4 Å². The molecule has 0 aliphatic heterocycles. The number of hydrogen-bond acceptors (Lipinski definition) is 5. The molecule has 0 fully saturated rings. The maximum Gasteiger partial charge on any atom is 0.247 e. The topological polar surface area (TPSA) is 85.1 Å². The summed E-state index contributed by atoms with van der Waals surface area (Å²) >= 11 is 5.65. The molecule has 0 amide bonds. The molecule has 0 aliphatic rings. The van der Waals surface area contributed by atoms with E-state index >= 15 is 0 Å². The number of hydrogen-bond donors (Lipinski definition) is 1. The molecule has 6 nitrogen and oxygen atoms in total. The van der Waals surface area contributed by atoms with Gasteiger partial charge in [0.05, 0.1) is 11.4 Å². The molecule has 0 spiro atoms. The molecule has 2 rings (SSSR count). The minimum absolute atomic E-state index is 0.0125. The second-order valence-corrected chi connectivity index (χ2v) is 6.99. The lowest BCUT2D eigenvalue weighted by Crippen LogP contribution is -2.22. The summed E-state index contributed by atoms with van der Waals surface area (Å²) in [5, 5.41) is 7.42. The van der Waals surface area contributed by atoms with Crippen LogP contribution in [0.5, 0.6) is 0 Å². The van der Waals surface area contributed by atoms with Gasteiger partial charge in [-0.3, -0.25) is 4.72 Å². The van der Waals surface area contributed by atoms with Crippen LogP contribution in [-0.2, 0) is 10.0 Å². The predicted molar refractivity (Wildman–Crippen MR) is 81.8 cm³/mol. The first-order valence-corrected chi connectivity index (χ1v) is 8.53. The van der Waals surface area contributed by atoms with Crippen LogP contribution in [0.2, 0.25) is 0 Å². The number of nitrogens with one attached hydrogen (secondary N) is 1. The van der Waals surface area contributed by atoms with Crippen molar-refractivity contribution in [2.75, 3.05) is 16.4 Å². The fraction of sp³-hybridized carbons (Fsp3) is 0.385. The molecule has 0 radical (unpaired) electrons. The maximum atomic E-state index is 12.0. The Morgan fingerprint density at radius 2 is 2.19 bits per heavy atom. The molecule has 8 heteroatoms. The lowest BCUT2D eigenvalue weighted by molar-refractivity contribution is 0.568. The molecular weight excluding hydrogens is 314 g/mol. The number of halogens is 1. The molecule has 1 heterocycles. The Bertz CT molecular complexity index is 701. The van der Waals surface area contributed by atoms with Crippen molar-refractivity contribution < 1.29 is 12.8 Å². The van der Waals surface area contributed by atoms with Crippen molar-refractivity contribution in [2.24, 2.45) is 5.92 Å². The fourth-order valence-electron chi connectivity index (χ4n) is 1.84. The number of rotatable bonds is 6. The number of anilines is 1. The van der Waals surface area contributed by atoms with Crippen LogP contribution in [0.1, 0.15) is 12.5 Å². The number of alkyl halides is 1. The number of sulfonamides is 1. The number of benzene rings is 1. The number of aryl methyl sites for hydroxylation is 1. The molecule has 1 aromatic carbocycles. The van der Waals surface area contributed by atoms with E-state index in [9.17, 15) is 8.42 Å². The molecule has 1 aromatic heterocycles. The van der Waals surface area contributed by atoms with Gasteiger partial charge in [-0.05, 0) is 36.6 Å². The molecule has 21 heavy (non-hydrogen) atoms. The van der Waals surface area contributed by atoms with E-state index in [1.54, 1.807) is 25.1 Å². The molecule has 0 saturated carbocycles. The van der Waals surface area contributed by atoms with E-state index in [-0.39, 0.29) is 11.7 Å². The predicted octanol–water partition coefficient (Wildman–Crippen LogP) is 2.66. The summed E-state index contributed by atoms with van der Waals surface area (Å²) in [5.41, 5.74) is 2.04. The summed E-state index contributed by atoms with van der Waals surface area (Å²) in [4.78, 5) is 0. The normalized spacial score (nSPS) is 13.1. The summed E-state index contributed by atoms with van der Waals surface area (Å²) in [5.74, 6) is 0.572. The zero-order valence-corrected chi connectivity index (χ0v) is 13.3. The van der Waals surface area contributed by atoms with Crippen molar-refractivity contribution in [2.45, 2.75) is 13.8 Å². The van der Waals surface area contributed by atoms with E-state index in [1.165, 1.54) is 6.39 Å². The third-order valence-electron chi connectivity index (χ3n) is 2.87. The highest BCUT2D eigenvalue weighted by atomic mass is 35.5. The Morgan fingerprint density at radius 1 is 1.43 bits per heavy atom. The molecule has 1 N–H and O–H groups in total. The second-order valence-electron chi connectivity index (χ2n) is 4.92. The second kappa shape index (κ2) is 6.44. The third kappa shape index (κ3) is 4.18. The molecule has 1 unspecified atom stereocenters. The van der Waals surface area contributed by atoms with Gasteiger partial charge in [0.2, 0.25) is 22.3 Å².